The maximum absolute atomic E-state index is 5.98. The molecule has 1 aliphatic heterocycles. The summed E-state index contributed by atoms with van der Waals surface area (Å²) in [6.07, 6.45) is 6.25. The lowest BCUT2D eigenvalue weighted by molar-refractivity contribution is -0.0284. The molecule has 0 amide bonds. The predicted molar refractivity (Wildman–Crippen MR) is 84.4 cm³/mol. The highest BCUT2D eigenvalue weighted by atomic mass is 16.5. The van der Waals surface area contributed by atoms with Gasteiger partial charge in [0.15, 0.2) is 0 Å². The fourth-order valence-electron chi connectivity index (χ4n) is 3.07. The van der Waals surface area contributed by atoms with Gasteiger partial charge in [0.05, 0.1) is 18.0 Å². The van der Waals surface area contributed by atoms with Crippen LogP contribution in [0.2, 0.25) is 0 Å². The van der Waals surface area contributed by atoms with Crippen LogP contribution in [-0.2, 0) is 11.8 Å². The Balaban J connectivity index is 1.61. The molecule has 0 aliphatic carbocycles. The van der Waals surface area contributed by atoms with Crippen molar-refractivity contribution in [1.29, 1.82) is 0 Å². The van der Waals surface area contributed by atoms with E-state index >= 15 is 0 Å². The molecule has 0 spiro atoms. The molecule has 0 bridgehead atoms. The molecule has 3 rings (SSSR count). The summed E-state index contributed by atoms with van der Waals surface area (Å²) in [6.45, 7) is 6.00. The Kier molecular flexibility index (Phi) is 4.59. The molecule has 1 saturated heterocycles. The quantitative estimate of drug-likeness (QED) is 0.889. The van der Waals surface area contributed by atoms with E-state index in [1.807, 2.05) is 24.1 Å². The topological polar surface area (TPSA) is 67.8 Å². The summed E-state index contributed by atoms with van der Waals surface area (Å²) in [6, 6.07) is 2.38. The Labute approximate surface area is 131 Å². The van der Waals surface area contributed by atoms with E-state index < -0.39 is 0 Å². The lowest BCUT2D eigenvalue weighted by atomic mass is 9.90. The van der Waals surface area contributed by atoms with Crippen molar-refractivity contribution in [2.24, 2.45) is 13.0 Å². The molecule has 0 saturated carbocycles. The predicted octanol–water partition coefficient (Wildman–Crippen LogP) is 2.27. The number of aromatic amines is 1. The standard InChI is InChI=1S/C16H25N5O/c1-11-7-15(20-21(11)3)12(2)17-8-13-5-4-6-22-16(13)14-9-18-19-10-14/h7,9-10,12-13,16-17H,4-6,8H2,1-3H3,(H,18,19)/t12?,13-,16+/m0/s1. The highest BCUT2D eigenvalue weighted by Gasteiger charge is 2.28. The maximum atomic E-state index is 5.98. The van der Waals surface area contributed by atoms with Crippen LogP contribution in [0.15, 0.2) is 18.5 Å². The first kappa shape index (κ1) is 15.2. The second-order valence-electron chi connectivity index (χ2n) is 6.19. The van der Waals surface area contributed by atoms with Crippen LogP contribution in [-0.4, -0.2) is 33.1 Å². The molecule has 2 N–H and O–H groups in total. The molecule has 1 fully saturated rings. The van der Waals surface area contributed by atoms with Crippen molar-refractivity contribution < 1.29 is 4.74 Å². The number of hydrogen-bond donors (Lipinski definition) is 2. The Bertz CT molecular complexity index is 572. The van der Waals surface area contributed by atoms with Crippen molar-refractivity contribution in [3.63, 3.8) is 0 Å². The van der Waals surface area contributed by atoms with E-state index in [1.165, 1.54) is 12.1 Å². The van der Waals surface area contributed by atoms with Crippen LogP contribution in [0.5, 0.6) is 0 Å². The molecule has 0 aromatic carbocycles. The molecule has 2 aromatic heterocycles. The van der Waals surface area contributed by atoms with Gasteiger partial charge in [-0.1, -0.05) is 0 Å². The second kappa shape index (κ2) is 6.62. The summed E-state index contributed by atoms with van der Waals surface area (Å²) in [5.74, 6) is 0.471. The number of nitrogens with zero attached hydrogens (tertiary/aromatic N) is 3. The summed E-state index contributed by atoms with van der Waals surface area (Å²) in [5.41, 5.74) is 3.42. The van der Waals surface area contributed by atoms with Gasteiger partial charge < -0.3 is 10.1 Å². The Morgan fingerprint density at radius 3 is 3.09 bits per heavy atom. The number of rotatable bonds is 5. The van der Waals surface area contributed by atoms with Crippen LogP contribution in [0.4, 0.5) is 0 Å². The van der Waals surface area contributed by atoms with Crippen molar-refractivity contribution in [2.75, 3.05) is 13.2 Å². The van der Waals surface area contributed by atoms with Gasteiger partial charge in [-0.05, 0) is 32.8 Å². The Hall–Kier alpha value is -1.66. The molecule has 120 valence electrons. The zero-order chi connectivity index (χ0) is 15.5. The van der Waals surface area contributed by atoms with Crippen LogP contribution in [0.1, 0.15) is 48.9 Å². The summed E-state index contributed by atoms with van der Waals surface area (Å²) in [7, 11) is 1.98. The first-order valence-electron chi connectivity index (χ1n) is 7.99. The van der Waals surface area contributed by atoms with Crippen molar-refractivity contribution in [1.82, 2.24) is 25.3 Å². The van der Waals surface area contributed by atoms with Gasteiger partial charge in [-0.25, -0.2) is 0 Å². The van der Waals surface area contributed by atoms with Crippen molar-refractivity contribution >= 4 is 0 Å². The van der Waals surface area contributed by atoms with E-state index in [0.717, 1.165) is 30.8 Å². The largest absolute Gasteiger partial charge is 0.373 e. The van der Waals surface area contributed by atoms with E-state index in [9.17, 15) is 0 Å². The van der Waals surface area contributed by atoms with Crippen molar-refractivity contribution in [2.45, 2.75) is 38.8 Å². The molecule has 3 heterocycles. The van der Waals surface area contributed by atoms with Crippen LogP contribution in [0.25, 0.3) is 0 Å². The van der Waals surface area contributed by atoms with E-state index in [2.05, 4.69) is 40.5 Å². The number of hydrogen-bond acceptors (Lipinski definition) is 4. The minimum Gasteiger partial charge on any atom is -0.373 e. The van der Waals surface area contributed by atoms with Gasteiger partial charge in [0.1, 0.15) is 0 Å². The van der Waals surface area contributed by atoms with Gasteiger partial charge >= 0.3 is 0 Å². The number of aromatic nitrogens is 4. The number of nitrogens with one attached hydrogen (secondary N) is 2. The van der Waals surface area contributed by atoms with E-state index in [1.54, 1.807) is 0 Å². The molecule has 2 aromatic rings. The minimum atomic E-state index is 0.137. The van der Waals surface area contributed by atoms with Gasteiger partial charge in [0, 0.05) is 49.6 Å². The molecule has 6 heteroatoms. The summed E-state index contributed by atoms with van der Waals surface area (Å²) < 4.78 is 7.90. The molecular formula is C16H25N5O. The fourth-order valence-corrected chi connectivity index (χ4v) is 3.07. The SMILES string of the molecule is Cc1cc(C(C)NC[C@@H]2CCCO[C@H]2c2cn[nH]c2)nn1C. The van der Waals surface area contributed by atoms with Gasteiger partial charge in [-0.2, -0.15) is 10.2 Å². The van der Waals surface area contributed by atoms with Crippen LogP contribution < -0.4 is 5.32 Å². The third kappa shape index (κ3) is 3.23. The molecule has 1 unspecified atom stereocenters. The zero-order valence-electron chi connectivity index (χ0n) is 13.5. The smallest absolute Gasteiger partial charge is 0.0895 e. The van der Waals surface area contributed by atoms with Gasteiger partial charge in [-0.15, -0.1) is 0 Å². The summed E-state index contributed by atoms with van der Waals surface area (Å²) in [4.78, 5) is 0. The highest BCUT2D eigenvalue weighted by Crippen LogP contribution is 2.33. The monoisotopic (exact) mass is 303 g/mol. The molecule has 6 nitrogen and oxygen atoms in total. The van der Waals surface area contributed by atoms with Crippen LogP contribution >= 0.6 is 0 Å². The van der Waals surface area contributed by atoms with E-state index in [-0.39, 0.29) is 12.1 Å². The number of ether oxygens (including phenoxy) is 1. The Morgan fingerprint density at radius 2 is 2.41 bits per heavy atom. The minimum absolute atomic E-state index is 0.137. The van der Waals surface area contributed by atoms with Gasteiger partial charge in [0.25, 0.3) is 0 Å². The first-order valence-corrected chi connectivity index (χ1v) is 7.99. The lowest BCUT2D eigenvalue weighted by Gasteiger charge is -2.32. The van der Waals surface area contributed by atoms with E-state index in [0.29, 0.717) is 5.92 Å². The lowest BCUT2D eigenvalue weighted by Crippen LogP contribution is -2.33. The highest BCUT2D eigenvalue weighted by molar-refractivity contribution is 5.12. The molecule has 0 radical (unpaired) electrons. The molecule has 3 atom stereocenters. The average molecular weight is 303 g/mol. The number of H-pyrrole nitrogens is 1. The zero-order valence-corrected chi connectivity index (χ0v) is 13.5. The van der Waals surface area contributed by atoms with Crippen LogP contribution in [0, 0.1) is 12.8 Å². The van der Waals surface area contributed by atoms with Crippen LogP contribution in [0.3, 0.4) is 0 Å². The van der Waals surface area contributed by atoms with Gasteiger partial charge in [-0.3, -0.25) is 9.78 Å². The normalized spacial score (nSPS) is 23.6. The average Bonchev–Trinajstić information content (AvgIpc) is 3.16. The first-order chi connectivity index (χ1) is 10.6. The Morgan fingerprint density at radius 1 is 1.55 bits per heavy atom. The summed E-state index contributed by atoms with van der Waals surface area (Å²) in [5, 5.41) is 15.1. The van der Waals surface area contributed by atoms with E-state index in [4.69, 9.17) is 4.74 Å². The maximum Gasteiger partial charge on any atom is 0.0895 e. The second-order valence-corrected chi connectivity index (χ2v) is 6.19. The molecular weight excluding hydrogens is 278 g/mol. The van der Waals surface area contributed by atoms with Gasteiger partial charge in [0.2, 0.25) is 0 Å². The fraction of sp³-hybridized carbons (Fsp3) is 0.625. The summed E-state index contributed by atoms with van der Waals surface area (Å²) >= 11 is 0. The molecule has 22 heavy (non-hydrogen) atoms. The third-order valence-electron chi connectivity index (χ3n) is 4.56. The van der Waals surface area contributed by atoms with Crippen molar-refractivity contribution in [3.8, 4) is 0 Å². The molecule has 1 aliphatic rings. The number of aryl methyl sites for hydroxylation is 2. The van der Waals surface area contributed by atoms with Crippen molar-refractivity contribution in [3.05, 3.63) is 35.4 Å². The third-order valence-corrected chi connectivity index (χ3v) is 4.56.